The van der Waals surface area contributed by atoms with Gasteiger partial charge in [0.05, 0.1) is 0 Å². The molecule has 0 radical (unpaired) electrons. The first-order valence-electron chi connectivity index (χ1n) is 8.10. The molecule has 0 spiro atoms. The first-order chi connectivity index (χ1) is 11.9. The van der Waals surface area contributed by atoms with Gasteiger partial charge in [0.2, 0.25) is 11.0 Å². The van der Waals surface area contributed by atoms with Crippen molar-refractivity contribution >= 4 is 28.4 Å². The van der Waals surface area contributed by atoms with Crippen LogP contribution < -0.4 is 10.6 Å². The van der Waals surface area contributed by atoms with E-state index in [1.165, 1.54) is 16.2 Å². The number of urea groups is 1. The maximum absolute atomic E-state index is 12.6. The Hall–Kier alpha value is -2.48. The average Bonchev–Trinajstić information content (AvgIpc) is 3.07. The highest BCUT2D eigenvalue weighted by atomic mass is 32.1. The van der Waals surface area contributed by atoms with Gasteiger partial charge in [0.1, 0.15) is 11.0 Å². The van der Waals surface area contributed by atoms with Crippen molar-refractivity contribution in [2.45, 2.75) is 26.3 Å². The molecule has 1 heterocycles. The summed E-state index contributed by atoms with van der Waals surface area (Å²) in [6.07, 6.45) is 0.761. The Kier molecular flexibility index (Phi) is 6.46. The number of aromatic nitrogens is 2. The smallest absolute Gasteiger partial charge is 0.317 e. The number of rotatable bonds is 6. The number of benzene rings is 1. The summed E-state index contributed by atoms with van der Waals surface area (Å²) < 4.78 is 0. The van der Waals surface area contributed by atoms with E-state index in [1.807, 2.05) is 44.2 Å². The largest absolute Gasteiger partial charge is 0.331 e. The van der Waals surface area contributed by atoms with Gasteiger partial charge in [0.25, 0.3) is 0 Å². The van der Waals surface area contributed by atoms with Gasteiger partial charge in [-0.15, -0.1) is 10.2 Å². The second kappa shape index (κ2) is 8.57. The van der Waals surface area contributed by atoms with Crippen molar-refractivity contribution < 1.29 is 9.59 Å². The van der Waals surface area contributed by atoms with E-state index in [0.717, 1.165) is 17.0 Å². The van der Waals surface area contributed by atoms with Gasteiger partial charge < -0.3 is 10.2 Å². The van der Waals surface area contributed by atoms with Gasteiger partial charge in [0.15, 0.2) is 0 Å². The van der Waals surface area contributed by atoms with E-state index in [1.54, 1.807) is 14.1 Å². The van der Waals surface area contributed by atoms with Crippen LogP contribution in [0.4, 0.5) is 9.93 Å². The van der Waals surface area contributed by atoms with Crippen molar-refractivity contribution in [2.24, 2.45) is 5.92 Å². The number of anilines is 1. The SMILES string of the molecule is CCC(C)C(NC(=O)N(C)C)C(=O)Nc1nnc(-c2ccccc2)s1. The Labute approximate surface area is 151 Å². The molecule has 0 aliphatic heterocycles. The van der Waals surface area contributed by atoms with Crippen molar-refractivity contribution in [3.8, 4) is 10.6 Å². The highest BCUT2D eigenvalue weighted by Crippen LogP contribution is 2.26. The third-order valence-corrected chi connectivity index (χ3v) is 4.74. The zero-order chi connectivity index (χ0) is 18.4. The Morgan fingerprint density at radius 2 is 1.88 bits per heavy atom. The molecule has 0 aliphatic carbocycles. The zero-order valence-corrected chi connectivity index (χ0v) is 15.6. The predicted molar refractivity (Wildman–Crippen MR) is 99.4 cm³/mol. The summed E-state index contributed by atoms with van der Waals surface area (Å²) in [5.41, 5.74) is 0.944. The fourth-order valence-electron chi connectivity index (χ4n) is 2.12. The summed E-state index contributed by atoms with van der Waals surface area (Å²) in [7, 11) is 3.27. The lowest BCUT2D eigenvalue weighted by atomic mass is 9.98. The van der Waals surface area contributed by atoms with Gasteiger partial charge in [-0.3, -0.25) is 10.1 Å². The Bertz CT molecular complexity index is 717. The van der Waals surface area contributed by atoms with Crippen LogP contribution in [-0.2, 0) is 4.79 Å². The Morgan fingerprint density at radius 3 is 2.48 bits per heavy atom. The quantitative estimate of drug-likeness (QED) is 0.828. The van der Waals surface area contributed by atoms with Gasteiger partial charge in [-0.05, 0) is 5.92 Å². The maximum Gasteiger partial charge on any atom is 0.317 e. The van der Waals surface area contributed by atoms with Crippen LogP contribution in [0.3, 0.4) is 0 Å². The van der Waals surface area contributed by atoms with Crippen LogP contribution in [0.15, 0.2) is 30.3 Å². The van der Waals surface area contributed by atoms with Crippen LogP contribution in [-0.4, -0.2) is 47.2 Å². The van der Waals surface area contributed by atoms with Crippen LogP contribution in [0, 0.1) is 5.92 Å². The summed E-state index contributed by atoms with van der Waals surface area (Å²) in [5, 5.41) is 14.8. The molecule has 2 N–H and O–H groups in total. The molecule has 1 aromatic carbocycles. The number of carbonyl (C=O) groups is 2. The molecule has 2 rings (SSSR count). The molecule has 3 amide bonds. The maximum atomic E-state index is 12.6. The summed E-state index contributed by atoms with van der Waals surface area (Å²) in [4.78, 5) is 25.9. The molecule has 2 aromatic rings. The van der Waals surface area contributed by atoms with Crippen molar-refractivity contribution in [1.29, 1.82) is 0 Å². The molecule has 2 atom stereocenters. The third kappa shape index (κ3) is 4.99. The van der Waals surface area contributed by atoms with Crippen LogP contribution in [0.2, 0.25) is 0 Å². The van der Waals surface area contributed by atoms with Crippen LogP contribution in [0.1, 0.15) is 20.3 Å². The molecule has 134 valence electrons. The lowest BCUT2D eigenvalue weighted by Crippen LogP contribution is -2.50. The number of amides is 3. The minimum Gasteiger partial charge on any atom is -0.331 e. The van der Waals surface area contributed by atoms with E-state index in [0.29, 0.717) is 5.13 Å². The average molecular weight is 361 g/mol. The zero-order valence-electron chi connectivity index (χ0n) is 14.8. The number of nitrogens with zero attached hydrogens (tertiary/aromatic N) is 3. The third-order valence-electron chi connectivity index (χ3n) is 3.86. The molecule has 7 nitrogen and oxygen atoms in total. The molecular weight excluding hydrogens is 338 g/mol. The minimum atomic E-state index is -0.635. The number of hydrogen-bond acceptors (Lipinski definition) is 5. The fraction of sp³-hybridized carbons (Fsp3) is 0.412. The first kappa shape index (κ1) is 18.9. The normalized spacial score (nSPS) is 13.0. The van der Waals surface area contributed by atoms with Crippen molar-refractivity contribution in [3.05, 3.63) is 30.3 Å². The Balaban J connectivity index is 2.10. The second-order valence-electron chi connectivity index (χ2n) is 5.97. The number of hydrogen-bond donors (Lipinski definition) is 2. The molecule has 2 unspecified atom stereocenters. The molecule has 0 saturated carbocycles. The van der Waals surface area contributed by atoms with E-state index in [-0.39, 0.29) is 17.9 Å². The van der Waals surface area contributed by atoms with Gasteiger partial charge in [-0.1, -0.05) is 61.9 Å². The van der Waals surface area contributed by atoms with E-state index >= 15 is 0 Å². The van der Waals surface area contributed by atoms with Crippen molar-refractivity contribution in [1.82, 2.24) is 20.4 Å². The lowest BCUT2D eigenvalue weighted by Gasteiger charge is -2.24. The predicted octanol–water partition coefficient (Wildman–Crippen LogP) is 2.83. The van der Waals surface area contributed by atoms with E-state index in [9.17, 15) is 9.59 Å². The molecule has 0 fully saturated rings. The van der Waals surface area contributed by atoms with Gasteiger partial charge in [-0.2, -0.15) is 0 Å². The standard InChI is InChI=1S/C17H23N5O2S/c1-5-11(2)13(18-17(24)22(3)4)14(23)19-16-21-20-15(25-16)12-9-7-6-8-10-12/h6-11,13H,5H2,1-4H3,(H,18,24)(H,19,21,23). The second-order valence-corrected chi connectivity index (χ2v) is 6.95. The summed E-state index contributed by atoms with van der Waals surface area (Å²) in [5.74, 6) is -0.300. The van der Waals surface area contributed by atoms with E-state index in [2.05, 4.69) is 20.8 Å². The molecule has 8 heteroatoms. The van der Waals surface area contributed by atoms with Crippen LogP contribution in [0.25, 0.3) is 10.6 Å². The lowest BCUT2D eigenvalue weighted by molar-refractivity contribution is -0.119. The molecule has 1 aromatic heterocycles. The number of carbonyl (C=O) groups excluding carboxylic acids is 2. The van der Waals surface area contributed by atoms with Crippen molar-refractivity contribution in [2.75, 3.05) is 19.4 Å². The summed E-state index contributed by atoms with van der Waals surface area (Å²) in [6, 6.07) is 8.70. The fourth-order valence-corrected chi connectivity index (χ4v) is 2.87. The first-order valence-corrected chi connectivity index (χ1v) is 8.91. The van der Waals surface area contributed by atoms with Gasteiger partial charge >= 0.3 is 6.03 Å². The highest BCUT2D eigenvalue weighted by molar-refractivity contribution is 7.18. The van der Waals surface area contributed by atoms with E-state index < -0.39 is 6.04 Å². The molecule has 25 heavy (non-hydrogen) atoms. The van der Waals surface area contributed by atoms with Gasteiger partial charge in [-0.25, -0.2) is 4.79 Å². The summed E-state index contributed by atoms with van der Waals surface area (Å²) in [6.45, 7) is 3.90. The monoisotopic (exact) mass is 361 g/mol. The number of nitrogens with one attached hydrogen (secondary N) is 2. The summed E-state index contributed by atoms with van der Waals surface area (Å²) >= 11 is 1.30. The molecule has 0 aliphatic rings. The Morgan fingerprint density at radius 1 is 1.20 bits per heavy atom. The molecule has 0 saturated heterocycles. The van der Waals surface area contributed by atoms with E-state index in [4.69, 9.17) is 0 Å². The van der Waals surface area contributed by atoms with Crippen LogP contribution in [0.5, 0.6) is 0 Å². The minimum absolute atomic E-state index is 0.00887. The van der Waals surface area contributed by atoms with Crippen molar-refractivity contribution in [3.63, 3.8) is 0 Å². The van der Waals surface area contributed by atoms with Gasteiger partial charge in [0, 0.05) is 19.7 Å². The highest BCUT2D eigenvalue weighted by Gasteiger charge is 2.27. The molecular formula is C17H23N5O2S. The molecule has 0 bridgehead atoms. The topological polar surface area (TPSA) is 87.2 Å². The van der Waals surface area contributed by atoms with Crippen LogP contribution >= 0.6 is 11.3 Å².